The van der Waals surface area contributed by atoms with E-state index in [9.17, 15) is 10.1 Å². The molecule has 7 nitrogen and oxygen atoms in total. The lowest BCUT2D eigenvalue weighted by Gasteiger charge is -2.21. The van der Waals surface area contributed by atoms with Gasteiger partial charge in [0.15, 0.2) is 18.1 Å². The van der Waals surface area contributed by atoms with E-state index in [2.05, 4.69) is 23.0 Å². The third-order valence-electron chi connectivity index (χ3n) is 4.57. The highest BCUT2D eigenvalue weighted by molar-refractivity contribution is 7.16. The molecule has 2 heterocycles. The van der Waals surface area contributed by atoms with Gasteiger partial charge in [0, 0.05) is 24.2 Å². The normalized spacial score (nSPS) is 13.9. The molecular weight excluding hydrogens is 402 g/mol. The van der Waals surface area contributed by atoms with Gasteiger partial charge in [0.25, 0.3) is 0 Å². The van der Waals surface area contributed by atoms with Crippen molar-refractivity contribution in [1.82, 2.24) is 4.90 Å². The molecule has 0 amide bonds. The van der Waals surface area contributed by atoms with Crippen molar-refractivity contribution in [2.24, 2.45) is 4.99 Å². The zero-order valence-corrected chi connectivity index (χ0v) is 18.4. The van der Waals surface area contributed by atoms with Crippen LogP contribution in [0.3, 0.4) is 0 Å². The molecule has 158 valence electrons. The predicted molar refractivity (Wildman–Crippen MR) is 116 cm³/mol. The molecule has 1 aromatic heterocycles. The summed E-state index contributed by atoms with van der Waals surface area (Å²) >= 11 is 1.57. The summed E-state index contributed by atoms with van der Waals surface area (Å²) in [5.41, 5.74) is 2.61. The molecule has 1 aliphatic heterocycles. The Hall–Kier alpha value is -2.89. The number of likely N-dealkylation sites (N-methyl/N-ethyl adjacent to an activating group) is 1. The summed E-state index contributed by atoms with van der Waals surface area (Å²) in [5, 5.41) is 10.3. The van der Waals surface area contributed by atoms with Gasteiger partial charge < -0.3 is 19.1 Å². The van der Waals surface area contributed by atoms with Crippen molar-refractivity contribution in [1.29, 1.82) is 5.26 Å². The van der Waals surface area contributed by atoms with Gasteiger partial charge in [-0.25, -0.2) is 9.79 Å². The Kier molecular flexibility index (Phi) is 7.08. The van der Waals surface area contributed by atoms with Crippen LogP contribution in [0.1, 0.15) is 35.4 Å². The molecule has 0 unspecified atom stereocenters. The number of thiophene rings is 1. The molecule has 0 aliphatic carbocycles. The first-order chi connectivity index (χ1) is 14.4. The molecule has 0 radical (unpaired) electrons. The fraction of sp³-hybridized carbons (Fsp3) is 0.409. The first-order valence-corrected chi connectivity index (χ1v) is 10.5. The summed E-state index contributed by atoms with van der Waals surface area (Å²) in [6.07, 6.45) is 2.39. The highest BCUT2D eigenvalue weighted by Crippen LogP contribution is 2.38. The maximum Gasteiger partial charge on any atom is 0.344 e. The number of aliphatic imine (C=N–C) groups is 1. The number of fused-ring (bicyclic) bond motifs is 1. The number of ether oxygens (including phenoxy) is 3. The van der Waals surface area contributed by atoms with E-state index < -0.39 is 5.97 Å². The minimum atomic E-state index is -0.436. The first-order valence-electron chi connectivity index (χ1n) is 9.68. The number of esters is 1. The van der Waals surface area contributed by atoms with Crippen LogP contribution < -0.4 is 9.47 Å². The van der Waals surface area contributed by atoms with E-state index in [4.69, 9.17) is 14.2 Å². The quantitative estimate of drug-likeness (QED) is 0.495. The number of benzene rings is 1. The molecule has 0 bridgehead atoms. The molecule has 3 rings (SSSR count). The average Bonchev–Trinajstić information content (AvgIpc) is 3.06. The standard InChI is InChI=1S/C22H25N3O4S/c1-14(2)29-21(26)13-28-18-6-5-15(9-19(18)27-4)11-24-22-17(10-23)16-7-8-25(3)12-20(16)30-22/h5-6,9,11,14H,7-8,12-13H2,1-4H3. The van der Waals surface area contributed by atoms with Gasteiger partial charge in [-0.05, 0) is 56.6 Å². The Balaban J connectivity index is 1.75. The number of rotatable bonds is 7. The van der Waals surface area contributed by atoms with Gasteiger partial charge in [-0.1, -0.05) is 0 Å². The molecule has 0 spiro atoms. The van der Waals surface area contributed by atoms with Crippen molar-refractivity contribution in [2.45, 2.75) is 32.9 Å². The van der Waals surface area contributed by atoms with Crippen molar-refractivity contribution in [3.05, 3.63) is 39.8 Å². The minimum Gasteiger partial charge on any atom is -0.493 e. The first kappa shape index (κ1) is 21.8. The molecule has 0 saturated heterocycles. The number of nitrogens with zero attached hydrogens (tertiary/aromatic N) is 3. The second-order valence-electron chi connectivity index (χ2n) is 7.28. The molecule has 0 saturated carbocycles. The Bertz CT molecular complexity index is 991. The zero-order chi connectivity index (χ0) is 21.7. The third-order valence-corrected chi connectivity index (χ3v) is 5.70. The number of carbonyl (C=O) groups excluding carboxylic acids is 1. The van der Waals surface area contributed by atoms with Crippen LogP contribution in [0.15, 0.2) is 23.2 Å². The Labute approximate surface area is 180 Å². The second-order valence-corrected chi connectivity index (χ2v) is 8.36. The lowest BCUT2D eigenvalue weighted by Crippen LogP contribution is -2.25. The molecule has 0 atom stereocenters. The topological polar surface area (TPSA) is 84.1 Å². The van der Waals surface area contributed by atoms with Gasteiger partial charge in [-0.2, -0.15) is 5.26 Å². The number of hydrogen-bond acceptors (Lipinski definition) is 8. The largest absolute Gasteiger partial charge is 0.493 e. The highest BCUT2D eigenvalue weighted by atomic mass is 32.1. The Morgan fingerprint density at radius 2 is 2.20 bits per heavy atom. The van der Waals surface area contributed by atoms with Crippen molar-refractivity contribution < 1.29 is 19.0 Å². The van der Waals surface area contributed by atoms with Crippen LogP contribution in [0.25, 0.3) is 0 Å². The number of methoxy groups -OCH3 is 1. The third kappa shape index (κ3) is 5.17. The van der Waals surface area contributed by atoms with E-state index in [1.807, 2.05) is 6.07 Å². The van der Waals surface area contributed by atoms with E-state index in [1.54, 1.807) is 43.5 Å². The van der Waals surface area contributed by atoms with Crippen molar-refractivity contribution >= 4 is 28.5 Å². The van der Waals surface area contributed by atoms with Crippen LogP contribution in [0.2, 0.25) is 0 Å². The zero-order valence-electron chi connectivity index (χ0n) is 17.6. The Morgan fingerprint density at radius 3 is 2.90 bits per heavy atom. The number of nitriles is 1. The van der Waals surface area contributed by atoms with Gasteiger partial charge in [0.1, 0.15) is 11.1 Å². The van der Waals surface area contributed by atoms with E-state index >= 15 is 0 Å². The summed E-state index contributed by atoms with van der Waals surface area (Å²) in [7, 11) is 3.61. The van der Waals surface area contributed by atoms with Crippen LogP contribution in [-0.4, -0.2) is 50.5 Å². The highest BCUT2D eigenvalue weighted by Gasteiger charge is 2.22. The van der Waals surface area contributed by atoms with E-state index in [1.165, 1.54) is 12.0 Å². The van der Waals surface area contributed by atoms with Crippen molar-refractivity contribution in [2.75, 3.05) is 27.3 Å². The summed E-state index contributed by atoms with van der Waals surface area (Å²) in [5.74, 6) is 0.501. The van der Waals surface area contributed by atoms with Crippen molar-refractivity contribution in [3.63, 3.8) is 0 Å². The molecule has 1 aliphatic rings. The van der Waals surface area contributed by atoms with Gasteiger partial charge in [0.2, 0.25) is 0 Å². The monoisotopic (exact) mass is 427 g/mol. The van der Waals surface area contributed by atoms with Crippen LogP contribution in [0, 0.1) is 11.3 Å². The van der Waals surface area contributed by atoms with Crippen molar-refractivity contribution in [3.8, 4) is 17.6 Å². The van der Waals surface area contributed by atoms with E-state index in [-0.39, 0.29) is 12.7 Å². The molecular formula is C22H25N3O4S. The SMILES string of the molecule is COc1cc(C=Nc2sc3c(c2C#N)CCN(C)C3)ccc1OCC(=O)OC(C)C. The molecule has 0 N–H and O–H groups in total. The summed E-state index contributed by atoms with van der Waals surface area (Å²) < 4.78 is 16.0. The van der Waals surface area contributed by atoms with E-state index in [0.29, 0.717) is 17.1 Å². The molecule has 30 heavy (non-hydrogen) atoms. The van der Waals surface area contributed by atoms with Crippen LogP contribution in [0.5, 0.6) is 11.5 Å². The molecule has 0 fully saturated rings. The number of carbonyl (C=O) groups is 1. The predicted octanol–water partition coefficient (Wildman–Crippen LogP) is 3.70. The molecule has 1 aromatic carbocycles. The Morgan fingerprint density at radius 1 is 1.40 bits per heavy atom. The second kappa shape index (κ2) is 9.74. The molecule has 8 heteroatoms. The van der Waals surface area contributed by atoms with Gasteiger partial charge in [-0.15, -0.1) is 11.3 Å². The maximum atomic E-state index is 11.7. The summed E-state index contributed by atoms with van der Waals surface area (Å²) in [6.45, 7) is 5.18. The lowest BCUT2D eigenvalue weighted by molar-refractivity contribution is -0.149. The maximum absolute atomic E-state index is 11.7. The van der Waals surface area contributed by atoms with Crippen LogP contribution in [-0.2, 0) is 22.5 Å². The van der Waals surface area contributed by atoms with E-state index in [0.717, 1.165) is 35.6 Å². The van der Waals surface area contributed by atoms with Gasteiger partial charge in [-0.3, -0.25) is 0 Å². The van der Waals surface area contributed by atoms with Crippen LogP contribution >= 0.6 is 11.3 Å². The summed E-state index contributed by atoms with van der Waals surface area (Å²) in [4.78, 5) is 19.7. The van der Waals surface area contributed by atoms with Gasteiger partial charge in [0.05, 0.1) is 18.8 Å². The van der Waals surface area contributed by atoms with Gasteiger partial charge >= 0.3 is 5.97 Å². The van der Waals surface area contributed by atoms with Crippen LogP contribution in [0.4, 0.5) is 5.00 Å². The fourth-order valence-corrected chi connectivity index (χ4v) is 4.40. The number of hydrogen-bond donors (Lipinski definition) is 0. The fourth-order valence-electron chi connectivity index (χ4n) is 3.17. The summed E-state index contributed by atoms with van der Waals surface area (Å²) in [6, 6.07) is 7.64. The smallest absolute Gasteiger partial charge is 0.344 e. The average molecular weight is 428 g/mol. The minimum absolute atomic E-state index is 0.191. The molecule has 2 aromatic rings. The lowest BCUT2D eigenvalue weighted by atomic mass is 10.0.